The van der Waals surface area contributed by atoms with Crippen LogP contribution in [0.4, 0.5) is 5.82 Å². The number of rotatable bonds is 4. The predicted octanol–water partition coefficient (Wildman–Crippen LogP) is 1.71. The molecule has 0 spiro atoms. The highest BCUT2D eigenvalue weighted by atomic mass is 32.2. The van der Waals surface area contributed by atoms with Crippen LogP contribution >= 0.6 is 11.8 Å². The van der Waals surface area contributed by atoms with E-state index in [0.717, 1.165) is 11.8 Å². The van der Waals surface area contributed by atoms with Crippen molar-refractivity contribution >= 4 is 23.5 Å². The highest BCUT2D eigenvalue weighted by molar-refractivity contribution is 7.99. The molecule has 6 nitrogen and oxygen atoms in total. The van der Waals surface area contributed by atoms with E-state index in [0.29, 0.717) is 5.56 Å². The lowest BCUT2D eigenvalue weighted by molar-refractivity contribution is -0.133. The molecule has 0 amide bonds. The summed E-state index contributed by atoms with van der Waals surface area (Å²) >= 11 is 0.922. The van der Waals surface area contributed by atoms with Crippen molar-refractivity contribution in [1.29, 1.82) is 10.5 Å². The van der Waals surface area contributed by atoms with Crippen LogP contribution in [0.15, 0.2) is 5.03 Å². The number of anilines is 1. The summed E-state index contributed by atoms with van der Waals surface area (Å²) in [6.07, 6.45) is 0. The number of nitrogens with zero attached hydrogens (tertiary/aromatic N) is 3. The van der Waals surface area contributed by atoms with Crippen LogP contribution in [-0.2, 0) is 4.79 Å². The van der Waals surface area contributed by atoms with Crippen LogP contribution in [0.5, 0.6) is 0 Å². The highest BCUT2D eigenvalue weighted by Gasteiger charge is 2.21. The van der Waals surface area contributed by atoms with Crippen LogP contribution in [0.25, 0.3) is 0 Å². The number of aromatic nitrogens is 1. The third-order valence-electron chi connectivity index (χ3n) is 2.36. The number of carboxylic acids is 1. The number of nitrogen functional groups attached to an aromatic ring is 1. The molecule has 0 bridgehead atoms. The topological polar surface area (TPSA) is 124 Å². The van der Waals surface area contributed by atoms with Gasteiger partial charge in [0.15, 0.2) is 0 Å². The normalized spacial score (nSPS) is 9.95. The summed E-state index contributed by atoms with van der Waals surface area (Å²) in [6.45, 7) is 3.67. The Morgan fingerprint density at radius 1 is 1.42 bits per heavy atom. The third-order valence-corrected chi connectivity index (χ3v) is 3.32. The Morgan fingerprint density at radius 3 is 2.42 bits per heavy atom. The molecule has 0 unspecified atom stereocenters. The fourth-order valence-corrected chi connectivity index (χ4v) is 2.36. The van der Waals surface area contributed by atoms with Gasteiger partial charge in [-0.3, -0.25) is 4.79 Å². The second-order valence-electron chi connectivity index (χ2n) is 4.03. The number of carboxylic acid groups (broad SMARTS) is 1. The first-order valence-corrected chi connectivity index (χ1v) is 6.39. The Balaban J connectivity index is 3.47. The van der Waals surface area contributed by atoms with E-state index in [1.54, 1.807) is 0 Å². The fourth-order valence-electron chi connectivity index (χ4n) is 1.64. The molecule has 1 heterocycles. The standard InChI is InChI=1S/C12H12N4O2S/c1-6(2)10-7(3-13)11(15)16-12(8(10)4-14)19-5-9(17)18/h6H,5H2,1-2H3,(H2,15,16)(H,17,18). The lowest BCUT2D eigenvalue weighted by Crippen LogP contribution is -2.08. The summed E-state index contributed by atoms with van der Waals surface area (Å²) in [5.74, 6) is -1.29. The molecule has 1 rings (SSSR count). The van der Waals surface area contributed by atoms with E-state index < -0.39 is 5.97 Å². The van der Waals surface area contributed by atoms with Crippen molar-refractivity contribution in [1.82, 2.24) is 4.98 Å². The Hall–Kier alpha value is -2.25. The molecule has 19 heavy (non-hydrogen) atoms. The van der Waals surface area contributed by atoms with Crippen molar-refractivity contribution in [3.8, 4) is 12.1 Å². The number of aliphatic carboxylic acids is 1. The molecule has 98 valence electrons. The zero-order valence-corrected chi connectivity index (χ0v) is 11.3. The number of hydrogen-bond donors (Lipinski definition) is 2. The summed E-state index contributed by atoms with van der Waals surface area (Å²) in [7, 11) is 0. The molecule has 0 aliphatic rings. The van der Waals surface area contributed by atoms with Crippen LogP contribution in [0.2, 0.25) is 0 Å². The van der Waals surface area contributed by atoms with Crippen molar-refractivity contribution in [2.75, 3.05) is 11.5 Å². The van der Waals surface area contributed by atoms with Crippen LogP contribution in [0.1, 0.15) is 36.5 Å². The van der Waals surface area contributed by atoms with E-state index in [9.17, 15) is 10.1 Å². The van der Waals surface area contributed by atoms with E-state index in [1.807, 2.05) is 26.0 Å². The lowest BCUT2D eigenvalue weighted by Gasteiger charge is -2.14. The molecule has 0 aromatic carbocycles. The number of thioether (sulfide) groups is 1. The summed E-state index contributed by atoms with van der Waals surface area (Å²) in [5, 5.41) is 27.2. The minimum Gasteiger partial charge on any atom is -0.481 e. The summed E-state index contributed by atoms with van der Waals surface area (Å²) in [4.78, 5) is 14.5. The zero-order valence-electron chi connectivity index (χ0n) is 10.5. The Bertz CT molecular complexity index is 599. The van der Waals surface area contributed by atoms with Gasteiger partial charge in [-0.2, -0.15) is 10.5 Å². The maximum atomic E-state index is 10.6. The van der Waals surface area contributed by atoms with E-state index in [-0.39, 0.29) is 33.6 Å². The first-order chi connectivity index (χ1) is 8.92. The van der Waals surface area contributed by atoms with Crippen LogP contribution in [0, 0.1) is 22.7 Å². The molecule has 0 saturated carbocycles. The monoisotopic (exact) mass is 276 g/mol. The molecule has 7 heteroatoms. The van der Waals surface area contributed by atoms with Gasteiger partial charge in [0, 0.05) is 0 Å². The van der Waals surface area contributed by atoms with Crippen molar-refractivity contribution < 1.29 is 9.90 Å². The number of pyridine rings is 1. The molecule has 0 saturated heterocycles. The molecule has 1 aromatic rings. The van der Waals surface area contributed by atoms with Gasteiger partial charge in [0.1, 0.15) is 23.0 Å². The minimum atomic E-state index is -1.01. The lowest BCUT2D eigenvalue weighted by atomic mass is 9.94. The largest absolute Gasteiger partial charge is 0.481 e. The van der Waals surface area contributed by atoms with Crippen LogP contribution < -0.4 is 5.73 Å². The van der Waals surface area contributed by atoms with Gasteiger partial charge in [-0.25, -0.2) is 4.98 Å². The van der Waals surface area contributed by atoms with Crippen molar-refractivity contribution in [2.24, 2.45) is 0 Å². The second kappa shape index (κ2) is 6.07. The maximum Gasteiger partial charge on any atom is 0.313 e. The Labute approximate surface area is 114 Å². The van der Waals surface area contributed by atoms with Crippen LogP contribution in [0.3, 0.4) is 0 Å². The van der Waals surface area contributed by atoms with Gasteiger partial charge in [0.05, 0.1) is 16.9 Å². The van der Waals surface area contributed by atoms with E-state index in [1.165, 1.54) is 0 Å². The Morgan fingerprint density at radius 2 is 2.00 bits per heavy atom. The average Bonchev–Trinajstić information content (AvgIpc) is 2.34. The number of hydrogen-bond acceptors (Lipinski definition) is 6. The van der Waals surface area contributed by atoms with E-state index in [4.69, 9.17) is 16.1 Å². The first kappa shape index (κ1) is 14.8. The quantitative estimate of drug-likeness (QED) is 0.802. The summed E-state index contributed by atoms with van der Waals surface area (Å²) in [5.41, 5.74) is 6.63. The van der Waals surface area contributed by atoms with Gasteiger partial charge in [-0.1, -0.05) is 25.6 Å². The van der Waals surface area contributed by atoms with Gasteiger partial charge in [0.25, 0.3) is 0 Å². The molecular formula is C12H12N4O2S. The molecule has 0 aliphatic carbocycles. The Kier molecular flexibility index (Phi) is 4.74. The SMILES string of the molecule is CC(C)c1c(C#N)c(N)nc(SCC(=O)O)c1C#N. The fraction of sp³-hybridized carbons (Fsp3) is 0.333. The molecule has 0 aliphatic heterocycles. The molecule has 3 N–H and O–H groups in total. The molecule has 0 atom stereocenters. The smallest absolute Gasteiger partial charge is 0.313 e. The zero-order chi connectivity index (χ0) is 14.6. The molecule has 1 aromatic heterocycles. The van der Waals surface area contributed by atoms with Gasteiger partial charge >= 0.3 is 5.97 Å². The predicted molar refractivity (Wildman–Crippen MR) is 70.5 cm³/mol. The van der Waals surface area contributed by atoms with Crippen molar-refractivity contribution in [3.63, 3.8) is 0 Å². The van der Waals surface area contributed by atoms with Gasteiger partial charge in [0.2, 0.25) is 0 Å². The van der Waals surface area contributed by atoms with Crippen LogP contribution in [-0.4, -0.2) is 21.8 Å². The van der Waals surface area contributed by atoms with Crippen molar-refractivity contribution in [2.45, 2.75) is 24.8 Å². The third kappa shape index (κ3) is 3.15. The van der Waals surface area contributed by atoms with E-state index >= 15 is 0 Å². The molecule has 0 radical (unpaired) electrons. The maximum absolute atomic E-state index is 10.6. The first-order valence-electron chi connectivity index (χ1n) is 5.40. The van der Waals surface area contributed by atoms with Crippen molar-refractivity contribution in [3.05, 3.63) is 16.7 Å². The molecular weight excluding hydrogens is 264 g/mol. The van der Waals surface area contributed by atoms with Gasteiger partial charge in [-0.05, 0) is 11.5 Å². The number of carbonyl (C=O) groups is 1. The molecule has 0 fully saturated rings. The minimum absolute atomic E-state index is 0.0260. The number of nitrogens with two attached hydrogens (primary N) is 1. The van der Waals surface area contributed by atoms with Gasteiger partial charge in [-0.15, -0.1) is 0 Å². The average molecular weight is 276 g/mol. The number of nitriles is 2. The van der Waals surface area contributed by atoms with Gasteiger partial charge < -0.3 is 10.8 Å². The summed E-state index contributed by atoms with van der Waals surface area (Å²) < 4.78 is 0. The second-order valence-corrected chi connectivity index (χ2v) is 4.99. The summed E-state index contributed by atoms with van der Waals surface area (Å²) in [6, 6.07) is 3.94. The van der Waals surface area contributed by atoms with E-state index in [2.05, 4.69) is 4.98 Å². The highest BCUT2D eigenvalue weighted by Crippen LogP contribution is 2.32.